The lowest BCUT2D eigenvalue weighted by atomic mass is 9.86. The summed E-state index contributed by atoms with van der Waals surface area (Å²) in [6.07, 6.45) is 3.15. The van der Waals surface area contributed by atoms with Crippen molar-refractivity contribution in [2.24, 2.45) is 16.3 Å². The van der Waals surface area contributed by atoms with Gasteiger partial charge in [0.25, 0.3) is 0 Å². The number of ether oxygens (including phenoxy) is 2. The minimum Gasteiger partial charge on any atom is -0.448 e. The maximum atomic E-state index is 11.9. The molecule has 0 aromatic carbocycles. The van der Waals surface area contributed by atoms with Gasteiger partial charge in [-0.2, -0.15) is 4.99 Å². The molecular weight excluding hydrogens is 256 g/mol. The summed E-state index contributed by atoms with van der Waals surface area (Å²) in [4.78, 5) is 18.3. The average Bonchev–Trinajstić information content (AvgIpc) is 2.34. The Hall–Kier alpha value is -1.10. The Morgan fingerprint density at radius 2 is 1.95 bits per heavy atom. The van der Waals surface area contributed by atoms with Crippen molar-refractivity contribution in [2.75, 3.05) is 32.9 Å². The predicted octanol–water partition coefficient (Wildman–Crippen LogP) is 2.70. The van der Waals surface area contributed by atoms with Crippen molar-refractivity contribution >= 4 is 11.9 Å². The van der Waals surface area contributed by atoms with Crippen molar-refractivity contribution in [1.82, 2.24) is 4.90 Å². The largest absolute Gasteiger partial charge is 0.448 e. The van der Waals surface area contributed by atoms with E-state index in [9.17, 15) is 4.79 Å². The second-order valence-corrected chi connectivity index (χ2v) is 6.66. The first kappa shape index (κ1) is 15.3. The number of rotatable bonds is 2. The van der Waals surface area contributed by atoms with Gasteiger partial charge in [0.2, 0.25) is 0 Å². The van der Waals surface area contributed by atoms with Gasteiger partial charge < -0.3 is 14.4 Å². The van der Waals surface area contributed by atoms with Crippen molar-refractivity contribution in [3.8, 4) is 0 Å². The summed E-state index contributed by atoms with van der Waals surface area (Å²) in [6, 6.07) is 0. The van der Waals surface area contributed by atoms with E-state index in [-0.39, 0.29) is 5.41 Å². The molecule has 0 bridgehead atoms. The standard InChI is InChI=1S/C15H26N2O3/c1-15(2,3)13(17-7-9-19-10-8-17)16-14(18)20-11-12-5-4-6-12/h12H,4-11H2,1-3H3. The zero-order valence-electron chi connectivity index (χ0n) is 12.9. The predicted molar refractivity (Wildman–Crippen MR) is 78.0 cm³/mol. The number of carbonyl (C=O) groups is 1. The van der Waals surface area contributed by atoms with Gasteiger partial charge in [0.05, 0.1) is 19.8 Å². The quantitative estimate of drug-likeness (QED) is 0.577. The third-order valence-electron chi connectivity index (χ3n) is 3.85. The molecule has 5 heteroatoms. The van der Waals surface area contributed by atoms with Crippen LogP contribution in [0, 0.1) is 11.3 Å². The molecular formula is C15H26N2O3. The molecule has 0 N–H and O–H groups in total. The highest BCUT2D eigenvalue weighted by atomic mass is 16.5. The van der Waals surface area contributed by atoms with Crippen molar-refractivity contribution in [3.63, 3.8) is 0 Å². The second kappa shape index (κ2) is 6.57. The van der Waals surface area contributed by atoms with Crippen molar-refractivity contribution < 1.29 is 14.3 Å². The van der Waals surface area contributed by atoms with Gasteiger partial charge in [-0.25, -0.2) is 4.79 Å². The monoisotopic (exact) mass is 282 g/mol. The number of nitrogens with zero attached hydrogens (tertiary/aromatic N) is 2. The number of carbonyl (C=O) groups excluding carboxylic acids is 1. The molecule has 0 unspecified atom stereocenters. The molecule has 1 aliphatic carbocycles. The normalized spacial score (nSPS) is 21.6. The zero-order valence-corrected chi connectivity index (χ0v) is 12.9. The van der Waals surface area contributed by atoms with E-state index in [1.54, 1.807) is 0 Å². The molecule has 0 aromatic heterocycles. The molecule has 2 fully saturated rings. The molecule has 2 rings (SSSR count). The molecule has 2 aliphatic rings. The van der Waals surface area contributed by atoms with E-state index in [2.05, 4.69) is 30.7 Å². The number of amidine groups is 1. The van der Waals surface area contributed by atoms with Gasteiger partial charge in [-0.1, -0.05) is 27.2 Å². The summed E-state index contributed by atoms with van der Waals surface area (Å²) >= 11 is 0. The van der Waals surface area contributed by atoms with Crippen molar-refractivity contribution in [2.45, 2.75) is 40.0 Å². The number of aliphatic imine (C=N–C) groups is 1. The molecule has 0 atom stereocenters. The molecule has 20 heavy (non-hydrogen) atoms. The Morgan fingerprint density at radius 3 is 2.45 bits per heavy atom. The lowest BCUT2D eigenvalue weighted by Crippen LogP contribution is -2.46. The van der Waals surface area contributed by atoms with E-state index in [0.717, 1.165) is 18.9 Å². The number of morpholine rings is 1. The van der Waals surface area contributed by atoms with Gasteiger partial charge >= 0.3 is 6.09 Å². The van der Waals surface area contributed by atoms with Gasteiger partial charge in [-0.05, 0) is 18.8 Å². The van der Waals surface area contributed by atoms with E-state index in [1.807, 2.05) is 0 Å². The van der Waals surface area contributed by atoms with Crippen molar-refractivity contribution in [1.29, 1.82) is 0 Å². The van der Waals surface area contributed by atoms with Gasteiger partial charge in [-0.3, -0.25) is 0 Å². The van der Waals surface area contributed by atoms with Crippen LogP contribution in [0.4, 0.5) is 4.79 Å². The first-order valence-corrected chi connectivity index (χ1v) is 7.55. The van der Waals surface area contributed by atoms with Crippen LogP contribution >= 0.6 is 0 Å². The zero-order chi connectivity index (χ0) is 14.6. The van der Waals surface area contributed by atoms with E-state index in [4.69, 9.17) is 9.47 Å². The molecule has 5 nitrogen and oxygen atoms in total. The Balaban J connectivity index is 1.96. The molecule has 1 heterocycles. The smallest absolute Gasteiger partial charge is 0.435 e. The highest BCUT2D eigenvalue weighted by Gasteiger charge is 2.28. The SMILES string of the molecule is CC(C)(C)C(=NC(=O)OCC1CCC1)N1CCOCC1. The lowest BCUT2D eigenvalue weighted by molar-refractivity contribution is 0.0639. The van der Waals surface area contributed by atoms with Gasteiger partial charge in [-0.15, -0.1) is 0 Å². The number of amides is 1. The van der Waals surface area contributed by atoms with Gasteiger partial charge in [0.1, 0.15) is 5.84 Å². The fourth-order valence-corrected chi connectivity index (χ4v) is 2.46. The van der Waals surface area contributed by atoms with Crippen LogP contribution in [-0.2, 0) is 9.47 Å². The van der Waals surface area contributed by atoms with Gasteiger partial charge in [0, 0.05) is 18.5 Å². The van der Waals surface area contributed by atoms with Crippen LogP contribution in [-0.4, -0.2) is 49.7 Å². The van der Waals surface area contributed by atoms with Crippen LogP contribution in [0.2, 0.25) is 0 Å². The van der Waals surface area contributed by atoms with Crippen LogP contribution in [0.1, 0.15) is 40.0 Å². The van der Waals surface area contributed by atoms with Crippen LogP contribution in [0.25, 0.3) is 0 Å². The molecule has 1 aliphatic heterocycles. The fraction of sp³-hybridized carbons (Fsp3) is 0.867. The van der Waals surface area contributed by atoms with E-state index in [1.165, 1.54) is 19.3 Å². The molecule has 1 saturated carbocycles. The molecule has 1 saturated heterocycles. The van der Waals surface area contributed by atoms with Crippen molar-refractivity contribution in [3.05, 3.63) is 0 Å². The number of hydrogen-bond acceptors (Lipinski definition) is 3. The fourth-order valence-electron chi connectivity index (χ4n) is 2.46. The lowest BCUT2D eigenvalue weighted by Gasteiger charge is -2.35. The van der Waals surface area contributed by atoms with E-state index >= 15 is 0 Å². The van der Waals surface area contributed by atoms with Crippen LogP contribution < -0.4 is 0 Å². The highest BCUT2D eigenvalue weighted by Crippen LogP contribution is 2.26. The van der Waals surface area contributed by atoms with Crippen LogP contribution in [0.5, 0.6) is 0 Å². The maximum absolute atomic E-state index is 11.9. The summed E-state index contributed by atoms with van der Waals surface area (Å²) in [7, 11) is 0. The first-order valence-electron chi connectivity index (χ1n) is 7.55. The Bertz CT molecular complexity index is 364. The Morgan fingerprint density at radius 1 is 1.30 bits per heavy atom. The number of hydrogen-bond donors (Lipinski definition) is 0. The second-order valence-electron chi connectivity index (χ2n) is 6.66. The van der Waals surface area contributed by atoms with Crippen LogP contribution in [0.3, 0.4) is 0 Å². The summed E-state index contributed by atoms with van der Waals surface area (Å²) in [6.45, 7) is 9.67. The summed E-state index contributed by atoms with van der Waals surface area (Å²) in [5.74, 6) is 1.36. The summed E-state index contributed by atoms with van der Waals surface area (Å²) in [5.41, 5.74) is -0.174. The molecule has 114 valence electrons. The maximum Gasteiger partial charge on any atom is 0.435 e. The average molecular weight is 282 g/mol. The Kier molecular flexibility index (Phi) is 5.02. The first-order chi connectivity index (χ1) is 9.47. The Labute approximate surface area is 121 Å². The van der Waals surface area contributed by atoms with Gasteiger partial charge in [0.15, 0.2) is 0 Å². The minimum absolute atomic E-state index is 0.174. The van der Waals surface area contributed by atoms with E-state index < -0.39 is 6.09 Å². The van der Waals surface area contributed by atoms with E-state index in [0.29, 0.717) is 25.7 Å². The molecule has 0 spiro atoms. The third-order valence-corrected chi connectivity index (χ3v) is 3.85. The molecule has 1 amide bonds. The summed E-state index contributed by atoms with van der Waals surface area (Å²) in [5, 5.41) is 0. The van der Waals surface area contributed by atoms with Crippen LogP contribution in [0.15, 0.2) is 4.99 Å². The highest BCUT2D eigenvalue weighted by molar-refractivity contribution is 5.95. The minimum atomic E-state index is -0.451. The topological polar surface area (TPSA) is 51.1 Å². The summed E-state index contributed by atoms with van der Waals surface area (Å²) < 4.78 is 10.6. The molecule has 0 radical (unpaired) electrons. The third kappa shape index (κ3) is 4.20. The molecule has 0 aromatic rings.